The van der Waals surface area contributed by atoms with Gasteiger partial charge in [0.15, 0.2) is 0 Å². The Morgan fingerprint density at radius 2 is 1.59 bits per heavy atom. The SMILES string of the molecule is CCC(C)C(C(=O)Nc1cccc(Oc2nc(C)cc(C)n2)c1)N1C(=O)c2ccccc2C1=O. The Kier molecular flexibility index (Phi) is 6.40. The van der Waals surface area contributed by atoms with E-state index in [1.54, 1.807) is 48.5 Å². The summed E-state index contributed by atoms with van der Waals surface area (Å²) in [6.45, 7) is 7.48. The van der Waals surface area contributed by atoms with E-state index >= 15 is 0 Å². The van der Waals surface area contributed by atoms with Gasteiger partial charge < -0.3 is 10.1 Å². The molecule has 8 nitrogen and oxygen atoms in total. The van der Waals surface area contributed by atoms with Gasteiger partial charge in [0.2, 0.25) is 5.91 Å². The van der Waals surface area contributed by atoms with Crippen LogP contribution in [-0.2, 0) is 4.79 Å². The van der Waals surface area contributed by atoms with E-state index in [1.165, 1.54) is 0 Å². The highest BCUT2D eigenvalue weighted by Gasteiger charge is 2.44. The van der Waals surface area contributed by atoms with Crippen molar-refractivity contribution in [1.29, 1.82) is 0 Å². The van der Waals surface area contributed by atoms with Crippen LogP contribution in [0.3, 0.4) is 0 Å². The Morgan fingerprint density at radius 3 is 2.18 bits per heavy atom. The standard InChI is InChI=1S/C26H26N4O4/c1-5-15(2)22(30-24(32)20-11-6-7-12-21(20)25(30)33)23(31)29-18-9-8-10-19(14-18)34-26-27-16(3)13-17(4)28-26/h6-15,22H,5H2,1-4H3,(H,29,31). The van der Waals surface area contributed by atoms with Gasteiger partial charge in [0.05, 0.1) is 11.1 Å². The number of imide groups is 1. The summed E-state index contributed by atoms with van der Waals surface area (Å²) in [5.41, 5.74) is 2.67. The van der Waals surface area contributed by atoms with Gasteiger partial charge in [-0.2, -0.15) is 0 Å². The van der Waals surface area contributed by atoms with Crippen LogP contribution in [0.5, 0.6) is 11.8 Å². The lowest BCUT2D eigenvalue weighted by atomic mass is 9.96. The van der Waals surface area contributed by atoms with E-state index in [0.717, 1.165) is 16.3 Å². The molecule has 34 heavy (non-hydrogen) atoms. The molecular formula is C26H26N4O4. The summed E-state index contributed by atoms with van der Waals surface area (Å²) >= 11 is 0. The van der Waals surface area contributed by atoms with Crippen LogP contribution in [0.15, 0.2) is 54.6 Å². The van der Waals surface area contributed by atoms with Crippen molar-refractivity contribution in [3.8, 4) is 11.8 Å². The van der Waals surface area contributed by atoms with Crippen molar-refractivity contribution >= 4 is 23.4 Å². The smallest absolute Gasteiger partial charge is 0.322 e. The number of hydrogen-bond donors (Lipinski definition) is 1. The first kappa shape index (κ1) is 23.1. The average Bonchev–Trinajstić information content (AvgIpc) is 3.04. The number of aromatic nitrogens is 2. The zero-order valence-electron chi connectivity index (χ0n) is 19.5. The molecule has 0 radical (unpaired) electrons. The van der Waals surface area contributed by atoms with Crippen LogP contribution in [0.1, 0.15) is 52.4 Å². The number of nitrogens with zero attached hydrogens (tertiary/aromatic N) is 3. The van der Waals surface area contributed by atoms with Crippen LogP contribution in [0.2, 0.25) is 0 Å². The molecule has 0 fully saturated rings. The number of fused-ring (bicyclic) bond motifs is 1. The number of amides is 3. The molecule has 0 saturated carbocycles. The van der Waals surface area contributed by atoms with E-state index in [1.807, 2.05) is 33.8 Å². The third-order valence-electron chi connectivity index (χ3n) is 5.83. The van der Waals surface area contributed by atoms with Gasteiger partial charge in [-0.3, -0.25) is 19.3 Å². The van der Waals surface area contributed by atoms with Crippen molar-refractivity contribution in [2.45, 2.75) is 40.2 Å². The second kappa shape index (κ2) is 9.43. The monoisotopic (exact) mass is 458 g/mol. The second-order valence-corrected chi connectivity index (χ2v) is 8.41. The Bertz CT molecular complexity index is 1220. The van der Waals surface area contributed by atoms with E-state index in [-0.39, 0.29) is 11.9 Å². The van der Waals surface area contributed by atoms with Crippen molar-refractivity contribution in [1.82, 2.24) is 14.9 Å². The van der Waals surface area contributed by atoms with E-state index < -0.39 is 23.8 Å². The van der Waals surface area contributed by atoms with E-state index in [0.29, 0.717) is 29.0 Å². The summed E-state index contributed by atoms with van der Waals surface area (Å²) in [6.07, 6.45) is 0.610. The molecule has 3 aromatic rings. The first-order valence-corrected chi connectivity index (χ1v) is 11.2. The van der Waals surface area contributed by atoms with Crippen molar-refractivity contribution in [3.63, 3.8) is 0 Å². The molecule has 8 heteroatoms. The zero-order chi connectivity index (χ0) is 24.4. The molecule has 1 aliphatic heterocycles. The van der Waals surface area contributed by atoms with Gasteiger partial charge in [-0.15, -0.1) is 0 Å². The van der Waals surface area contributed by atoms with Gasteiger partial charge in [0, 0.05) is 23.1 Å². The minimum atomic E-state index is -0.954. The summed E-state index contributed by atoms with van der Waals surface area (Å²) in [5.74, 6) is -1.15. The summed E-state index contributed by atoms with van der Waals surface area (Å²) in [5, 5.41) is 2.85. The van der Waals surface area contributed by atoms with Crippen molar-refractivity contribution in [2.24, 2.45) is 5.92 Å². The topological polar surface area (TPSA) is 101 Å². The molecule has 174 valence electrons. The van der Waals surface area contributed by atoms with Gasteiger partial charge in [-0.25, -0.2) is 9.97 Å². The first-order chi connectivity index (χ1) is 16.3. The third kappa shape index (κ3) is 4.52. The largest absolute Gasteiger partial charge is 0.424 e. The number of ether oxygens (including phenoxy) is 1. The molecule has 0 bridgehead atoms. The lowest BCUT2D eigenvalue weighted by molar-refractivity contribution is -0.121. The molecule has 0 saturated heterocycles. The molecular weight excluding hydrogens is 432 g/mol. The van der Waals surface area contributed by atoms with Gasteiger partial charge in [0.1, 0.15) is 11.8 Å². The number of benzene rings is 2. The molecule has 2 atom stereocenters. The fraction of sp³-hybridized carbons (Fsp3) is 0.269. The van der Waals surface area contributed by atoms with Crippen molar-refractivity contribution in [2.75, 3.05) is 5.32 Å². The highest BCUT2D eigenvalue weighted by atomic mass is 16.5. The predicted molar refractivity (Wildman–Crippen MR) is 127 cm³/mol. The quantitative estimate of drug-likeness (QED) is 0.522. The Hall–Kier alpha value is -4.07. The number of anilines is 1. The lowest BCUT2D eigenvalue weighted by Gasteiger charge is -2.29. The molecule has 2 unspecified atom stereocenters. The summed E-state index contributed by atoms with van der Waals surface area (Å²) < 4.78 is 5.78. The molecule has 0 spiro atoms. The third-order valence-corrected chi connectivity index (χ3v) is 5.83. The van der Waals surface area contributed by atoms with E-state index in [2.05, 4.69) is 15.3 Å². The van der Waals surface area contributed by atoms with E-state index in [9.17, 15) is 14.4 Å². The van der Waals surface area contributed by atoms with Crippen LogP contribution < -0.4 is 10.1 Å². The van der Waals surface area contributed by atoms with Crippen molar-refractivity contribution < 1.29 is 19.1 Å². The molecule has 2 heterocycles. The van der Waals surface area contributed by atoms with Gasteiger partial charge >= 0.3 is 6.01 Å². The molecule has 1 N–H and O–H groups in total. The van der Waals surface area contributed by atoms with Crippen molar-refractivity contribution in [3.05, 3.63) is 77.1 Å². The summed E-state index contributed by atoms with van der Waals surface area (Å²) in [7, 11) is 0. The number of hydrogen-bond acceptors (Lipinski definition) is 6. The van der Waals surface area contributed by atoms with Crippen LogP contribution in [0.25, 0.3) is 0 Å². The molecule has 0 aliphatic carbocycles. The number of aryl methyl sites for hydroxylation is 2. The molecule has 3 amide bonds. The zero-order valence-corrected chi connectivity index (χ0v) is 19.5. The molecule has 2 aromatic carbocycles. The predicted octanol–water partition coefficient (Wildman–Crippen LogP) is 4.54. The van der Waals surface area contributed by atoms with E-state index in [4.69, 9.17) is 4.74 Å². The number of rotatable bonds is 7. The maximum Gasteiger partial charge on any atom is 0.322 e. The fourth-order valence-corrected chi connectivity index (χ4v) is 4.01. The average molecular weight is 459 g/mol. The van der Waals surface area contributed by atoms with Gasteiger partial charge in [-0.05, 0) is 50.1 Å². The molecule has 1 aliphatic rings. The maximum atomic E-state index is 13.4. The minimum Gasteiger partial charge on any atom is -0.424 e. The maximum absolute atomic E-state index is 13.4. The van der Waals surface area contributed by atoms with Crippen LogP contribution in [-0.4, -0.2) is 38.6 Å². The number of carbonyl (C=O) groups excluding carboxylic acids is 3. The van der Waals surface area contributed by atoms with Crippen LogP contribution >= 0.6 is 0 Å². The van der Waals surface area contributed by atoms with Crippen LogP contribution in [0.4, 0.5) is 5.69 Å². The van der Waals surface area contributed by atoms with Gasteiger partial charge in [0.25, 0.3) is 11.8 Å². The number of nitrogens with one attached hydrogen (secondary N) is 1. The first-order valence-electron chi connectivity index (χ1n) is 11.2. The highest BCUT2D eigenvalue weighted by Crippen LogP contribution is 2.29. The Balaban J connectivity index is 1.57. The normalized spacial score (nSPS) is 14.5. The van der Waals surface area contributed by atoms with Crippen LogP contribution in [0, 0.1) is 19.8 Å². The summed E-state index contributed by atoms with van der Waals surface area (Å²) in [4.78, 5) is 49.1. The lowest BCUT2D eigenvalue weighted by Crippen LogP contribution is -2.50. The fourth-order valence-electron chi connectivity index (χ4n) is 4.01. The highest BCUT2D eigenvalue weighted by molar-refractivity contribution is 6.23. The summed E-state index contributed by atoms with van der Waals surface area (Å²) in [6, 6.07) is 14.5. The second-order valence-electron chi connectivity index (χ2n) is 8.41. The Labute approximate surface area is 198 Å². The molecule has 4 rings (SSSR count). The number of carbonyl (C=O) groups is 3. The van der Waals surface area contributed by atoms with Gasteiger partial charge in [-0.1, -0.05) is 38.5 Å². The minimum absolute atomic E-state index is 0.212. The Morgan fingerprint density at radius 1 is 0.971 bits per heavy atom. The molecule has 1 aromatic heterocycles.